The number of amides is 1. The van der Waals surface area contributed by atoms with Crippen molar-refractivity contribution < 1.29 is 11.3 Å². The molecule has 0 aromatic heterocycles. The van der Waals surface area contributed by atoms with Gasteiger partial charge in [-0.3, -0.25) is 4.79 Å². The molecule has 1 amide bonds. The highest BCUT2D eigenvalue weighted by Gasteiger charge is 2.01. The summed E-state index contributed by atoms with van der Waals surface area (Å²) in [6.07, 6.45) is 0.749. The summed E-state index contributed by atoms with van der Waals surface area (Å²) in [5.74, 6) is 0.171. The summed E-state index contributed by atoms with van der Waals surface area (Å²) in [5.41, 5.74) is 1.56. The Hall–Kier alpha value is -1.51. The van der Waals surface area contributed by atoms with E-state index in [2.05, 4.69) is 5.32 Å². The number of hydrogen-bond donors (Lipinski definition) is 2. The summed E-state index contributed by atoms with van der Waals surface area (Å²) < 4.78 is 0. The summed E-state index contributed by atoms with van der Waals surface area (Å²) in [7, 11) is 0. The maximum Gasteiger partial charge on any atom is 0.221 e. The van der Waals surface area contributed by atoms with Crippen molar-refractivity contribution >= 4 is 11.6 Å². The van der Waals surface area contributed by atoms with Gasteiger partial charge in [0.2, 0.25) is 5.91 Å². The maximum absolute atomic E-state index is 10.7. The fraction of sp³-hybridized carbons (Fsp3) is 0.300. The second kappa shape index (κ2) is 3.94. The molecule has 0 atom stereocenters. The number of aromatic hydroxyl groups is 1. The van der Waals surface area contributed by atoms with Gasteiger partial charge in [0.25, 0.3) is 0 Å². The van der Waals surface area contributed by atoms with Crippen LogP contribution < -0.4 is 5.32 Å². The van der Waals surface area contributed by atoms with Crippen molar-refractivity contribution in [2.75, 3.05) is 5.32 Å². The van der Waals surface area contributed by atoms with Gasteiger partial charge in [0.05, 0.1) is 0 Å². The molecule has 0 saturated carbocycles. The standard InChI is InChI=1S/C10H13NO2.H2/c1-3-8-6-9(11-7(2)12)4-5-10(8)13;/h4-6,13H,3H2,1-2H3,(H,11,12);1H. The van der Waals surface area contributed by atoms with Gasteiger partial charge in [-0.25, -0.2) is 0 Å². The van der Waals surface area contributed by atoms with Gasteiger partial charge in [-0.15, -0.1) is 0 Å². The van der Waals surface area contributed by atoms with Gasteiger partial charge in [0, 0.05) is 14.0 Å². The van der Waals surface area contributed by atoms with Crippen LogP contribution in [-0.2, 0) is 11.2 Å². The topological polar surface area (TPSA) is 49.3 Å². The van der Waals surface area contributed by atoms with Crippen molar-refractivity contribution in [1.29, 1.82) is 0 Å². The molecule has 2 N–H and O–H groups in total. The smallest absolute Gasteiger partial charge is 0.221 e. The molecule has 0 bridgehead atoms. The highest BCUT2D eigenvalue weighted by atomic mass is 16.3. The lowest BCUT2D eigenvalue weighted by atomic mass is 10.1. The molecule has 0 spiro atoms. The van der Waals surface area contributed by atoms with E-state index in [1.165, 1.54) is 6.92 Å². The largest absolute Gasteiger partial charge is 0.508 e. The molecular formula is C10H15NO2. The van der Waals surface area contributed by atoms with Crippen molar-refractivity contribution in [2.24, 2.45) is 0 Å². The average molecular weight is 181 g/mol. The second-order valence-electron chi connectivity index (χ2n) is 2.88. The number of benzene rings is 1. The number of anilines is 1. The highest BCUT2D eigenvalue weighted by molar-refractivity contribution is 5.88. The minimum absolute atomic E-state index is 0. The van der Waals surface area contributed by atoms with Crippen LogP contribution in [0.3, 0.4) is 0 Å². The van der Waals surface area contributed by atoms with Gasteiger partial charge in [0.15, 0.2) is 0 Å². The van der Waals surface area contributed by atoms with Crippen molar-refractivity contribution in [3.05, 3.63) is 23.8 Å². The van der Waals surface area contributed by atoms with E-state index < -0.39 is 0 Å². The van der Waals surface area contributed by atoms with E-state index in [9.17, 15) is 9.90 Å². The Kier molecular flexibility index (Phi) is 2.90. The SMILES string of the molecule is CCc1cc(NC(C)=O)ccc1O.[HH]. The van der Waals surface area contributed by atoms with Crippen LogP contribution in [0.2, 0.25) is 0 Å². The van der Waals surface area contributed by atoms with Crippen molar-refractivity contribution in [1.82, 2.24) is 0 Å². The third-order valence-corrected chi connectivity index (χ3v) is 1.78. The molecule has 0 aliphatic carbocycles. The van der Waals surface area contributed by atoms with Crippen molar-refractivity contribution in [3.63, 3.8) is 0 Å². The van der Waals surface area contributed by atoms with Gasteiger partial charge in [-0.2, -0.15) is 0 Å². The Morgan fingerprint density at radius 3 is 2.85 bits per heavy atom. The molecule has 3 heteroatoms. The zero-order valence-corrected chi connectivity index (χ0v) is 7.79. The Morgan fingerprint density at radius 1 is 1.62 bits per heavy atom. The molecule has 13 heavy (non-hydrogen) atoms. The number of phenolic OH excluding ortho intramolecular Hbond substituents is 1. The zero-order chi connectivity index (χ0) is 9.84. The van der Waals surface area contributed by atoms with Crippen LogP contribution in [0.25, 0.3) is 0 Å². The van der Waals surface area contributed by atoms with E-state index in [0.29, 0.717) is 0 Å². The predicted octanol–water partition coefficient (Wildman–Crippen LogP) is 2.16. The van der Waals surface area contributed by atoms with Crippen LogP contribution in [0.4, 0.5) is 5.69 Å². The summed E-state index contributed by atoms with van der Waals surface area (Å²) in [6, 6.07) is 5.04. The van der Waals surface area contributed by atoms with Crippen molar-refractivity contribution in [2.45, 2.75) is 20.3 Å². The predicted molar refractivity (Wildman–Crippen MR) is 53.9 cm³/mol. The molecule has 0 heterocycles. The Labute approximate surface area is 78.9 Å². The van der Waals surface area contributed by atoms with Crippen molar-refractivity contribution in [3.8, 4) is 5.75 Å². The minimum atomic E-state index is -0.104. The summed E-state index contributed by atoms with van der Waals surface area (Å²) in [6.45, 7) is 3.41. The van der Waals surface area contributed by atoms with E-state index in [0.717, 1.165) is 17.7 Å². The van der Waals surface area contributed by atoms with E-state index >= 15 is 0 Å². The fourth-order valence-corrected chi connectivity index (χ4v) is 1.15. The number of hydrogen-bond acceptors (Lipinski definition) is 2. The van der Waals surface area contributed by atoms with Crippen LogP contribution in [0.15, 0.2) is 18.2 Å². The molecule has 0 fully saturated rings. The number of rotatable bonds is 2. The van der Waals surface area contributed by atoms with Gasteiger partial charge < -0.3 is 10.4 Å². The molecule has 0 unspecified atom stereocenters. The van der Waals surface area contributed by atoms with E-state index in [4.69, 9.17) is 0 Å². The van der Waals surface area contributed by atoms with Gasteiger partial charge >= 0.3 is 0 Å². The number of aryl methyl sites for hydroxylation is 1. The number of phenols is 1. The number of nitrogens with one attached hydrogen (secondary N) is 1. The molecule has 72 valence electrons. The lowest BCUT2D eigenvalue weighted by Gasteiger charge is -2.05. The molecule has 0 saturated heterocycles. The number of carbonyl (C=O) groups excluding carboxylic acids is 1. The van der Waals surface area contributed by atoms with E-state index in [1.54, 1.807) is 18.2 Å². The first-order chi connectivity index (χ1) is 6.13. The van der Waals surface area contributed by atoms with E-state index in [-0.39, 0.29) is 13.1 Å². The molecule has 1 aromatic rings. The van der Waals surface area contributed by atoms with Crippen LogP contribution in [-0.4, -0.2) is 11.0 Å². The van der Waals surface area contributed by atoms with Gasteiger partial charge in [-0.05, 0) is 30.2 Å². The summed E-state index contributed by atoms with van der Waals surface area (Å²) in [4.78, 5) is 10.7. The number of carbonyl (C=O) groups is 1. The lowest BCUT2D eigenvalue weighted by molar-refractivity contribution is -0.114. The van der Waals surface area contributed by atoms with Gasteiger partial charge in [-0.1, -0.05) is 6.92 Å². The molecule has 3 nitrogen and oxygen atoms in total. The van der Waals surface area contributed by atoms with Crippen LogP contribution in [0.1, 0.15) is 20.8 Å². The van der Waals surface area contributed by atoms with Gasteiger partial charge in [0.1, 0.15) is 5.75 Å². The highest BCUT2D eigenvalue weighted by Crippen LogP contribution is 2.21. The quantitative estimate of drug-likeness (QED) is 0.687. The van der Waals surface area contributed by atoms with Crippen LogP contribution in [0.5, 0.6) is 5.75 Å². The monoisotopic (exact) mass is 181 g/mol. The zero-order valence-electron chi connectivity index (χ0n) is 7.79. The molecule has 1 rings (SSSR count). The van der Waals surface area contributed by atoms with E-state index in [1.807, 2.05) is 6.92 Å². The Balaban J connectivity index is 0.00000169. The molecule has 0 aliphatic heterocycles. The lowest BCUT2D eigenvalue weighted by Crippen LogP contribution is -2.05. The third-order valence-electron chi connectivity index (χ3n) is 1.78. The fourth-order valence-electron chi connectivity index (χ4n) is 1.15. The summed E-state index contributed by atoms with van der Waals surface area (Å²) >= 11 is 0. The normalized spacial score (nSPS) is 9.69. The molecule has 1 aromatic carbocycles. The third kappa shape index (κ3) is 2.47. The maximum atomic E-state index is 10.7. The molecule has 0 aliphatic rings. The Bertz CT molecular complexity index is 326. The van der Waals surface area contributed by atoms with Crippen LogP contribution in [0, 0.1) is 0 Å². The average Bonchev–Trinajstić information content (AvgIpc) is 2.07. The minimum Gasteiger partial charge on any atom is -0.508 e. The van der Waals surface area contributed by atoms with Crippen LogP contribution >= 0.6 is 0 Å². The first kappa shape index (κ1) is 9.58. The molecular weight excluding hydrogens is 166 g/mol. The Morgan fingerprint density at radius 2 is 2.31 bits per heavy atom. The molecule has 0 radical (unpaired) electrons. The second-order valence-corrected chi connectivity index (χ2v) is 2.88. The summed E-state index contributed by atoms with van der Waals surface area (Å²) in [5, 5.41) is 12.0. The first-order valence-electron chi connectivity index (χ1n) is 4.23. The first-order valence-corrected chi connectivity index (χ1v) is 4.23.